The maximum Gasteiger partial charge on any atom is 0.495 e. The molecule has 2 N–H and O–H groups in total. The van der Waals surface area contributed by atoms with Crippen molar-refractivity contribution in [2.45, 2.75) is 25.7 Å². The number of nitro groups is 2. The zero-order valence-electron chi connectivity index (χ0n) is 36.7. The molecule has 0 heterocycles. The first kappa shape index (κ1) is 44.1. The minimum absolute atomic E-state index is 0.0949. The van der Waals surface area contributed by atoms with Crippen LogP contribution < -0.4 is 5.46 Å². The molecule has 0 bridgehead atoms. The Labute approximate surface area is 401 Å². The lowest BCUT2D eigenvalue weighted by molar-refractivity contribution is -0.384. The van der Waals surface area contributed by atoms with Crippen LogP contribution in [-0.2, 0) is 25.7 Å². The van der Waals surface area contributed by atoms with E-state index in [1.165, 1.54) is 117 Å². The van der Waals surface area contributed by atoms with Gasteiger partial charge in [0.05, 0.1) is 20.9 Å². The van der Waals surface area contributed by atoms with Gasteiger partial charge in [-0.1, -0.05) is 186 Å². The molecule has 330 valence electrons. The van der Waals surface area contributed by atoms with E-state index in [1.54, 1.807) is 12.1 Å². The van der Waals surface area contributed by atoms with Gasteiger partial charge < -0.3 is 10.0 Å². The van der Waals surface area contributed by atoms with Crippen LogP contribution in [0.1, 0.15) is 44.5 Å². The van der Waals surface area contributed by atoms with Crippen molar-refractivity contribution >= 4 is 90.4 Å². The molecule has 10 heteroatoms. The normalized spacial score (nSPS) is 12.8. The summed E-state index contributed by atoms with van der Waals surface area (Å²) in [5, 5.41) is 47.0. The monoisotopic (exact) mass is 952 g/mol. The first-order chi connectivity index (χ1) is 33.2. The van der Waals surface area contributed by atoms with E-state index in [0.717, 1.165) is 31.2 Å². The number of hydrogen-bond donors (Lipinski definition) is 2. The summed E-state index contributed by atoms with van der Waals surface area (Å²) in [6.45, 7) is 0. The zero-order valence-corrected chi connectivity index (χ0v) is 38.3. The fourth-order valence-corrected chi connectivity index (χ4v) is 10.6. The smallest absolute Gasteiger partial charge is 0.423 e. The van der Waals surface area contributed by atoms with E-state index < -0.39 is 12.0 Å². The fourth-order valence-electron chi connectivity index (χ4n) is 10.1. The summed E-state index contributed by atoms with van der Waals surface area (Å²) in [6.07, 6.45) is 17.2. The molecule has 0 fully saturated rings. The summed E-state index contributed by atoms with van der Waals surface area (Å²) in [7, 11) is -1.80. The number of allylic oxidation sites excluding steroid dienone is 3. The molecule has 0 spiro atoms. The summed E-state index contributed by atoms with van der Waals surface area (Å²) in [6, 6.07) is 51.4. The van der Waals surface area contributed by atoms with Gasteiger partial charge in [0.1, 0.15) is 0 Å². The molecule has 9 aromatic rings. The van der Waals surface area contributed by atoms with Crippen LogP contribution in [0.4, 0.5) is 11.4 Å². The summed E-state index contributed by atoms with van der Waals surface area (Å²) < 4.78 is 1.22. The second kappa shape index (κ2) is 18.9. The quantitative estimate of drug-likeness (QED) is 0.103. The Bertz CT molecular complexity index is 3600. The van der Waals surface area contributed by atoms with Gasteiger partial charge in [-0.05, 0) is 131 Å². The van der Waals surface area contributed by atoms with Crippen molar-refractivity contribution in [1.82, 2.24) is 0 Å². The van der Waals surface area contributed by atoms with Crippen molar-refractivity contribution in [2.75, 3.05) is 0 Å². The van der Waals surface area contributed by atoms with Crippen LogP contribution in [0, 0.1) is 20.2 Å². The zero-order chi connectivity index (χ0) is 46.9. The third-order valence-electron chi connectivity index (χ3n) is 13.0. The van der Waals surface area contributed by atoms with Crippen LogP contribution in [0.2, 0.25) is 0 Å². The van der Waals surface area contributed by atoms with E-state index in [4.69, 9.17) is 10.0 Å². The number of nitro benzene ring substituents is 2. The Hall–Kier alpha value is -7.76. The third-order valence-corrected chi connectivity index (χ3v) is 13.8. The average molecular weight is 954 g/mol. The number of hydrogen-bond acceptors (Lipinski definition) is 6. The molecule has 8 nitrogen and oxygen atoms in total. The summed E-state index contributed by atoms with van der Waals surface area (Å²) >= 11 is 3.61. The van der Waals surface area contributed by atoms with E-state index >= 15 is 0 Å². The maximum absolute atomic E-state index is 11.3. The largest absolute Gasteiger partial charge is 0.495 e. The Kier molecular flexibility index (Phi) is 12.2. The average Bonchev–Trinajstić information content (AvgIpc) is 3.75. The van der Waals surface area contributed by atoms with Gasteiger partial charge in [0, 0.05) is 16.6 Å². The molecule has 0 amide bonds. The maximum atomic E-state index is 11.3. The molecular weight excluding hydrogens is 911 g/mol. The fraction of sp³-hybridized carbons (Fsp3) is 0.0690. The summed E-state index contributed by atoms with van der Waals surface area (Å²) in [5.74, 6) is 0. The van der Waals surface area contributed by atoms with Gasteiger partial charge in [0.15, 0.2) is 0 Å². The molecule has 4 aliphatic rings. The van der Waals surface area contributed by atoms with E-state index in [0.29, 0.717) is 5.56 Å². The van der Waals surface area contributed by atoms with Crippen LogP contribution in [0.25, 0.3) is 72.8 Å². The van der Waals surface area contributed by atoms with E-state index in [1.807, 2.05) is 30.3 Å². The minimum Gasteiger partial charge on any atom is -0.423 e. The number of halogens is 1. The lowest BCUT2D eigenvalue weighted by Crippen LogP contribution is -2.31. The molecule has 0 saturated heterocycles. The van der Waals surface area contributed by atoms with Crippen molar-refractivity contribution in [3.8, 4) is 22.3 Å². The molecule has 9 aromatic carbocycles. The van der Waals surface area contributed by atoms with Crippen molar-refractivity contribution in [1.29, 1.82) is 0 Å². The topological polar surface area (TPSA) is 127 Å². The highest BCUT2D eigenvalue weighted by molar-refractivity contribution is 9.10. The highest BCUT2D eigenvalue weighted by Gasteiger charge is 2.25. The Balaban J connectivity index is 0.000000109. The number of para-hydroxylation sites is 2. The summed E-state index contributed by atoms with van der Waals surface area (Å²) in [4.78, 5) is 20.7. The first-order valence-electron chi connectivity index (χ1n) is 22.4. The van der Waals surface area contributed by atoms with Crippen LogP contribution >= 0.6 is 15.9 Å². The van der Waals surface area contributed by atoms with E-state index in [-0.39, 0.29) is 21.8 Å². The molecule has 68 heavy (non-hydrogen) atoms. The van der Waals surface area contributed by atoms with Crippen molar-refractivity contribution in [2.24, 2.45) is 0 Å². The lowest BCUT2D eigenvalue weighted by atomic mass is 9.79. The van der Waals surface area contributed by atoms with Gasteiger partial charge in [0.2, 0.25) is 0 Å². The molecule has 0 atom stereocenters. The Morgan fingerprint density at radius 2 is 0.985 bits per heavy atom. The van der Waals surface area contributed by atoms with E-state index in [9.17, 15) is 20.2 Å². The van der Waals surface area contributed by atoms with Gasteiger partial charge in [-0.3, -0.25) is 20.2 Å². The van der Waals surface area contributed by atoms with Crippen LogP contribution in [0.15, 0.2) is 180 Å². The predicted molar refractivity (Wildman–Crippen MR) is 281 cm³/mol. The van der Waals surface area contributed by atoms with Crippen molar-refractivity contribution in [3.63, 3.8) is 0 Å². The second-order valence-corrected chi connectivity index (χ2v) is 17.8. The standard InChI is InChI=1S/C20H14.C19H13NO2.C13H9Br.C6H6BNO4/c1-2-9-17-14(5-1)11-16-12-15-8-3-6-13-7-4-10-18(19(13)15)20(16)17;21-20(22)18-10-2-1-8-16(18)15-12-11-14-6-3-5-13-7-4-9-17(15)19(13)14;14-12-8-7-10-4-1-3-9-5-2-6-11(12)13(9)10;9-7(10)5-3-1-2-4-6(5)8(11)12/h1-9,12H,10-11H2;1-8,10-12H,9H2;1-5,7-8H,6H2;1-4,9-10H. The SMILES string of the molecule is Brc1ccc2cccc3c2c1CC=C3.C1=Cc2cccc3cc4c(c(c23)C1)-c1ccccc1C4.O=[N+]([O-])c1ccccc1-c1ccc2cccc3c2c1CC=C3.O=[N+]([O-])c1ccccc1B(O)O. The van der Waals surface area contributed by atoms with Gasteiger partial charge >= 0.3 is 7.12 Å². The molecule has 4 aliphatic carbocycles. The molecule has 0 aromatic heterocycles. The molecule has 0 saturated carbocycles. The highest BCUT2D eigenvalue weighted by Crippen LogP contribution is 2.45. The number of nitrogens with zero attached hydrogens (tertiary/aromatic N) is 2. The van der Waals surface area contributed by atoms with E-state index in [2.05, 4.69) is 143 Å². The van der Waals surface area contributed by atoms with Gasteiger partial charge in [0.25, 0.3) is 11.4 Å². The molecule has 0 aliphatic heterocycles. The predicted octanol–water partition coefficient (Wildman–Crippen LogP) is 13.4. The number of benzene rings is 9. The second-order valence-electron chi connectivity index (χ2n) is 17.0. The van der Waals surface area contributed by atoms with Crippen molar-refractivity contribution in [3.05, 3.63) is 245 Å². The number of rotatable bonds is 4. The molecule has 0 radical (unpaired) electrons. The Morgan fingerprint density at radius 1 is 0.471 bits per heavy atom. The summed E-state index contributed by atoms with van der Waals surface area (Å²) in [5.41, 5.74) is 15.4. The van der Waals surface area contributed by atoms with Crippen molar-refractivity contribution < 1.29 is 19.9 Å². The van der Waals surface area contributed by atoms with Crippen LogP contribution in [0.3, 0.4) is 0 Å². The Morgan fingerprint density at radius 3 is 1.62 bits per heavy atom. The first-order valence-corrected chi connectivity index (χ1v) is 23.2. The van der Waals surface area contributed by atoms with Crippen LogP contribution in [-0.4, -0.2) is 27.0 Å². The molecular formula is C58H42BBrN2O6. The van der Waals surface area contributed by atoms with Gasteiger partial charge in [-0.25, -0.2) is 0 Å². The van der Waals surface area contributed by atoms with Crippen LogP contribution in [0.5, 0.6) is 0 Å². The van der Waals surface area contributed by atoms with Gasteiger partial charge in [-0.2, -0.15) is 0 Å². The minimum atomic E-state index is -1.80. The third kappa shape index (κ3) is 8.34. The number of fused-ring (bicyclic) bond motifs is 4. The highest BCUT2D eigenvalue weighted by atomic mass is 79.9. The van der Waals surface area contributed by atoms with Gasteiger partial charge in [-0.15, -0.1) is 0 Å². The molecule has 13 rings (SSSR count). The molecule has 0 unspecified atom stereocenters. The lowest BCUT2D eigenvalue weighted by Gasteiger charge is -2.17.